The summed E-state index contributed by atoms with van der Waals surface area (Å²) in [6.07, 6.45) is 1.38. The molecule has 106 valence electrons. The van der Waals surface area contributed by atoms with E-state index in [1.165, 1.54) is 0 Å². The Hall–Kier alpha value is -1.31. The Kier molecular flexibility index (Phi) is 6.67. The van der Waals surface area contributed by atoms with Gasteiger partial charge in [-0.2, -0.15) is 0 Å². The van der Waals surface area contributed by atoms with Crippen LogP contribution in [-0.4, -0.2) is 50.1 Å². The molecule has 3 N–H and O–H groups in total. The fourth-order valence-electron chi connectivity index (χ4n) is 1.25. The normalized spacial score (nSPS) is 13.1. The fraction of sp³-hybridized carbons (Fsp3) is 0.800. The van der Waals surface area contributed by atoms with Crippen LogP contribution in [0, 0.1) is 5.92 Å². The van der Waals surface area contributed by atoms with Crippen LogP contribution in [0.15, 0.2) is 0 Å². The third-order valence-corrected chi connectivity index (χ3v) is 3.01. The smallest absolute Gasteiger partial charge is 0.326 e. The molecule has 0 aromatic rings. The van der Waals surface area contributed by atoms with Crippen LogP contribution in [0.5, 0.6) is 0 Å². The number of amides is 2. The first-order chi connectivity index (χ1) is 8.11. The van der Waals surface area contributed by atoms with Crippen molar-refractivity contribution in [3.05, 3.63) is 0 Å². The Bertz CT molecular complexity index is 391. The van der Waals surface area contributed by atoms with Crippen LogP contribution in [0.2, 0.25) is 0 Å². The molecule has 0 heterocycles. The summed E-state index contributed by atoms with van der Waals surface area (Å²) < 4.78 is 21.6. The van der Waals surface area contributed by atoms with Gasteiger partial charge in [-0.25, -0.2) is 18.0 Å². The molecule has 0 rings (SSSR count). The van der Waals surface area contributed by atoms with Crippen LogP contribution < -0.4 is 10.6 Å². The number of aliphatic carboxylic acids is 1. The zero-order chi connectivity index (χ0) is 14.3. The molecular formula is C10H20N2O5S. The molecule has 0 radical (unpaired) electrons. The van der Waals surface area contributed by atoms with E-state index in [-0.39, 0.29) is 18.2 Å². The lowest BCUT2D eigenvalue weighted by Crippen LogP contribution is -2.47. The van der Waals surface area contributed by atoms with Crippen molar-refractivity contribution in [1.29, 1.82) is 0 Å². The Morgan fingerprint density at radius 2 is 1.83 bits per heavy atom. The van der Waals surface area contributed by atoms with E-state index in [0.29, 0.717) is 6.42 Å². The van der Waals surface area contributed by atoms with Crippen molar-refractivity contribution in [2.75, 3.05) is 18.6 Å². The van der Waals surface area contributed by atoms with Crippen LogP contribution in [0.4, 0.5) is 4.79 Å². The van der Waals surface area contributed by atoms with Gasteiger partial charge in [0, 0.05) is 12.8 Å². The quantitative estimate of drug-likeness (QED) is 0.599. The summed E-state index contributed by atoms with van der Waals surface area (Å²) in [7, 11) is -3.14. The lowest BCUT2D eigenvalue weighted by atomic mass is 10.0. The van der Waals surface area contributed by atoms with Crippen molar-refractivity contribution in [3.63, 3.8) is 0 Å². The van der Waals surface area contributed by atoms with Gasteiger partial charge in [0.1, 0.15) is 15.9 Å². The first kappa shape index (κ1) is 16.7. The van der Waals surface area contributed by atoms with E-state index in [1.54, 1.807) is 0 Å². The molecule has 0 aliphatic heterocycles. The number of hydrogen-bond donors (Lipinski definition) is 3. The molecule has 8 heteroatoms. The molecule has 2 amide bonds. The molecule has 0 saturated carbocycles. The molecule has 0 bridgehead atoms. The molecule has 0 aliphatic carbocycles. The van der Waals surface area contributed by atoms with E-state index in [0.717, 1.165) is 6.26 Å². The minimum absolute atomic E-state index is 0.0430. The van der Waals surface area contributed by atoms with Crippen molar-refractivity contribution in [3.8, 4) is 0 Å². The molecule has 0 fully saturated rings. The van der Waals surface area contributed by atoms with Crippen molar-refractivity contribution in [1.82, 2.24) is 10.6 Å². The van der Waals surface area contributed by atoms with E-state index < -0.39 is 27.9 Å². The zero-order valence-corrected chi connectivity index (χ0v) is 11.6. The number of nitrogens with one attached hydrogen (secondary N) is 2. The Morgan fingerprint density at radius 1 is 1.28 bits per heavy atom. The maximum atomic E-state index is 11.3. The number of carboxylic acids is 1. The predicted molar refractivity (Wildman–Crippen MR) is 67.1 cm³/mol. The van der Waals surface area contributed by atoms with Crippen molar-refractivity contribution < 1.29 is 23.1 Å². The van der Waals surface area contributed by atoms with Crippen molar-refractivity contribution in [2.24, 2.45) is 5.92 Å². The summed E-state index contributed by atoms with van der Waals surface area (Å²) in [5.41, 5.74) is 0. The molecule has 7 nitrogen and oxygen atoms in total. The molecule has 0 aliphatic rings. The minimum atomic E-state index is -3.14. The number of carboxylic acid groups (broad SMARTS) is 1. The van der Waals surface area contributed by atoms with E-state index in [9.17, 15) is 18.0 Å². The second kappa shape index (κ2) is 7.20. The SMILES string of the molecule is CC(C)C[C@H](NC(=O)NCCS(C)(=O)=O)C(=O)O. The van der Waals surface area contributed by atoms with Gasteiger partial charge in [0.15, 0.2) is 0 Å². The highest BCUT2D eigenvalue weighted by Gasteiger charge is 2.20. The van der Waals surface area contributed by atoms with E-state index in [4.69, 9.17) is 5.11 Å². The van der Waals surface area contributed by atoms with Crippen LogP contribution in [0.3, 0.4) is 0 Å². The molecular weight excluding hydrogens is 260 g/mol. The van der Waals surface area contributed by atoms with Crippen LogP contribution >= 0.6 is 0 Å². The van der Waals surface area contributed by atoms with Crippen molar-refractivity contribution in [2.45, 2.75) is 26.3 Å². The summed E-state index contributed by atoms with van der Waals surface area (Å²) in [5, 5.41) is 13.5. The largest absolute Gasteiger partial charge is 0.480 e. The van der Waals surface area contributed by atoms with E-state index >= 15 is 0 Å². The summed E-state index contributed by atoms with van der Waals surface area (Å²) >= 11 is 0. The number of hydrogen-bond acceptors (Lipinski definition) is 4. The maximum absolute atomic E-state index is 11.3. The van der Waals surface area contributed by atoms with E-state index in [1.807, 2.05) is 13.8 Å². The van der Waals surface area contributed by atoms with E-state index in [2.05, 4.69) is 10.6 Å². The topological polar surface area (TPSA) is 113 Å². The van der Waals surface area contributed by atoms with Crippen molar-refractivity contribution >= 4 is 21.8 Å². The number of urea groups is 1. The average Bonchev–Trinajstić information content (AvgIpc) is 2.13. The van der Waals surface area contributed by atoms with Gasteiger partial charge in [0.05, 0.1) is 5.75 Å². The van der Waals surface area contributed by atoms with Gasteiger partial charge in [0.25, 0.3) is 0 Å². The Morgan fingerprint density at radius 3 is 2.22 bits per heavy atom. The number of carbonyl (C=O) groups is 2. The monoisotopic (exact) mass is 280 g/mol. The fourth-order valence-corrected chi connectivity index (χ4v) is 1.72. The molecule has 1 atom stereocenters. The van der Waals surface area contributed by atoms with Gasteiger partial charge in [-0.3, -0.25) is 0 Å². The van der Waals surface area contributed by atoms with Crippen LogP contribution in [-0.2, 0) is 14.6 Å². The number of sulfone groups is 1. The zero-order valence-electron chi connectivity index (χ0n) is 10.8. The number of carbonyl (C=O) groups excluding carboxylic acids is 1. The van der Waals surface area contributed by atoms with Gasteiger partial charge in [-0.15, -0.1) is 0 Å². The molecule has 18 heavy (non-hydrogen) atoms. The number of rotatable bonds is 7. The lowest BCUT2D eigenvalue weighted by molar-refractivity contribution is -0.139. The highest BCUT2D eigenvalue weighted by atomic mass is 32.2. The molecule has 0 unspecified atom stereocenters. The highest BCUT2D eigenvalue weighted by molar-refractivity contribution is 7.90. The molecule has 0 aromatic heterocycles. The summed E-state index contributed by atoms with van der Waals surface area (Å²) in [6, 6.07) is -1.64. The standard InChI is InChI=1S/C10H20N2O5S/c1-7(2)6-8(9(13)14)12-10(15)11-4-5-18(3,16)17/h7-8H,4-6H2,1-3H3,(H,13,14)(H2,11,12,15)/t8-/m0/s1. The minimum Gasteiger partial charge on any atom is -0.480 e. The van der Waals surface area contributed by atoms with Crippen LogP contribution in [0.25, 0.3) is 0 Å². The summed E-state index contributed by atoms with van der Waals surface area (Å²) in [6.45, 7) is 3.65. The molecule has 0 spiro atoms. The third kappa shape index (κ3) is 8.80. The average molecular weight is 280 g/mol. The second-order valence-electron chi connectivity index (χ2n) is 4.55. The first-order valence-corrected chi connectivity index (χ1v) is 7.62. The molecule has 0 aromatic carbocycles. The summed E-state index contributed by atoms with van der Waals surface area (Å²) in [5.74, 6) is -1.16. The summed E-state index contributed by atoms with van der Waals surface area (Å²) in [4.78, 5) is 22.2. The first-order valence-electron chi connectivity index (χ1n) is 5.56. The maximum Gasteiger partial charge on any atom is 0.326 e. The highest BCUT2D eigenvalue weighted by Crippen LogP contribution is 2.04. The Balaban J connectivity index is 4.15. The van der Waals surface area contributed by atoms with Crippen LogP contribution in [0.1, 0.15) is 20.3 Å². The van der Waals surface area contributed by atoms with Gasteiger partial charge in [-0.1, -0.05) is 13.8 Å². The van der Waals surface area contributed by atoms with Gasteiger partial charge in [0.2, 0.25) is 0 Å². The second-order valence-corrected chi connectivity index (χ2v) is 6.81. The van der Waals surface area contributed by atoms with Gasteiger partial charge >= 0.3 is 12.0 Å². The van der Waals surface area contributed by atoms with Gasteiger partial charge < -0.3 is 15.7 Å². The lowest BCUT2D eigenvalue weighted by Gasteiger charge is -2.16. The Labute approximate surface area is 107 Å². The third-order valence-electron chi connectivity index (χ3n) is 2.07. The molecule has 0 saturated heterocycles. The predicted octanol–water partition coefficient (Wildman–Crippen LogP) is -0.170. The van der Waals surface area contributed by atoms with Gasteiger partial charge in [-0.05, 0) is 12.3 Å².